The molecule has 0 aliphatic rings. The van der Waals surface area contributed by atoms with Gasteiger partial charge in [0, 0.05) is 0 Å². The van der Waals surface area contributed by atoms with E-state index in [4.69, 9.17) is 4.12 Å². The minimum absolute atomic E-state index is 0.328. The Morgan fingerprint density at radius 3 is 1.77 bits per heavy atom. The predicted molar refractivity (Wildman–Crippen MR) is 102 cm³/mol. The standard InChI is InChI=1S/C15H38O4Si3/c1-10-12-15(18,22(8,9)19-20(3)4)14(17,11-2)13(16)21(5,6)7/h13,16-18,20H,10-12H2,1-9H3. The predicted octanol–water partition coefficient (Wildman–Crippen LogP) is 2.64. The van der Waals surface area contributed by atoms with Gasteiger partial charge in [-0.25, -0.2) is 0 Å². The fourth-order valence-corrected chi connectivity index (χ4v) is 13.2. The van der Waals surface area contributed by atoms with E-state index in [1.807, 2.05) is 46.6 Å². The topological polar surface area (TPSA) is 69.9 Å². The molecule has 0 rings (SSSR count). The molecule has 0 fully saturated rings. The van der Waals surface area contributed by atoms with E-state index in [0.29, 0.717) is 12.8 Å². The number of rotatable bonds is 9. The van der Waals surface area contributed by atoms with Crippen molar-refractivity contribution in [2.45, 2.75) is 95.5 Å². The first-order valence-electron chi connectivity index (χ1n) is 8.50. The third kappa shape index (κ3) is 4.31. The number of aliphatic hydroxyl groups is 3. The van der Waals surface area contributed by atoms with Crippen LogP contribution in [0.3, 0.4) is 0 Å². The molecule has 0 amide bonds. The van der Waals surface area contributed by atoms with Gasteiger partial charge in [0.1, 0.15) is 10.8 Å². The van der Waals surface area contributed by atoms with Crippen LogP contribution in [0.25, 0.3) is 0 Å². The molecule has 0 saturated heterocycles. The second-order valence-electron chi connectivity index (χ2n) is 8.33. The first-order chi connectivity index (χ1) is 9.69. The molecule has 0 aliphatic carbocycles. The highest BCUT2D eigenvalue weighted by Gasteiger charge is 2.63. The minimum atomic E-state index is -2.61. The highest BCUT2D eigenvalue weighted by molar-refractivity contribution is 6.81. The lowest BCUT2D eigenvalue weighted by molar-refractivity contribution is -0.159. The van der Waals surface area contributed by atoms with Gasteiger partial charge >= 0.3 is 0 Å². The monoisotopic (exact) mass is 366 g/mol. The molecule has 134 valence electrons. The van der Waals surface area contributed by atoms with Crippen LogP contribution < -0.4 is 0 Å². The summed E-state index contributed by atoms with van der Waals surface area (Å²) in [6.45, 7) is 18.1. The second-order valence-corrected chi connectivity index (χ2v) is 20.5. The maximum absolute atomic E-state index is 11.6. The summed E-state index contributed by atoms with van der Waals surface area (Å²) in [7, 11) is -6.02. The average Bonchev–Trinajstić information content (AvgIpc) is 2.34. The number of aliphatic hydroxyl groups excluding tert-OH is 1. The van der Waals surface area contributed by atoms with Crippen molar-refractivity contribution >= 4 is 25.4 Å². The van der Waals surface area contributed by atoms with Crippen LogP contribution in [0.1, 0.15) is 33.1 Å². The fourth-order valence-electron chi connectivity index (χ4n) is 3.52. The van der Waals surface area contributed by atoms with Crippen molar-refractivity contribution < 1.29 is 19.4 Å². The maximum atomic E-state index is 11.6. The van der Waals surface area contributed by atoms with E-state index in [0.717, 1.165) is 6.42 Å². The molecule has 3 atom stereocenters. The molecular formula is C15H38O4Si3. The molecular weight excluding hydrogens is 328 g/mol. The smallest absolute Gasteiger partial charge is 0.209 e. The summed E-state index contributed by atoms with van der Waals surface area (Å²) < 4.78 is 6.24. The second kappa shape index (κ2) is 7.59. The van der Waals surface area contributed by atoms with Crippen LogP contribution in [0.2, 0.25) is 45.8 Å². The largest absolute Gasteiger partial charge is 0.456 e. The molecule has 0 bridgehead atoms. The Bertz CT molecular complexity index is 357. The molecule has 7 heteroatoms. The summed E-state index contributed by atoms with van der Waals surface area (Å²) in [5.74, 6) is 0. The highest BCUT2D eigenvalue weighted by Crippen LogP contribution is 2.43. The minimum Gasteiger partial charge on any atom is -0.456 e. The van der Waals surface area contributed by atoms with E-state index >= 15 is 0 Å². The molecule has 0 aromatic rings. The summed E-state index contributed by atoms with van der Waals surface area (Å²) in [6.07, 6.45) is 1.53. The van der Waals surface area contributed by atoms with Gasteiger partial charge in [-0.3, -0.25) is 0 Å². The van der Waals surface area contributed by atoms with E-state index in [2.05, 4.69) is 13.1 Å². The molecule has 3 unspecified atom stereocenters. The molecule has 0 saturated carbocycles. The van der Waals surface area contributed by atoms with Crippen molar-refractivity contribution in [2.24, 2.45) is 0 Å². The Kier molecular flexibility index (Phi) is 7.75. The van der Waals surface area contributed by atoms with Gasteiger partial charge < -0.3 is 19.4 Å². The van der Waals surface area contributed by atoms with E-state index in [1.54, 1.807) is 0 Å². The van der Waals surface area contributed by atoms with Crippen LogP contribution in [0.4, 0.5) is 0 Å². The maximum Gasteiger partial charge on any atom is 0.209 e. The third-order valence-corrected chi connectivity index (χ3v) is 13.7. The van der Waals surface area contributed by atoms with Crippen LogP contribution in [0.5, 0.6) is 0 Å². The SMILES string of the molecule is CCCC(O)(C(O)(CC)C(O)[Si](C)(C)C)[Si](C)(C)O[SiH](C)C. The summed E-state index contributed by atoms with van der Waals surface area (Å²) in [5, 5.41) is 32.6. The zero-order chi connectivity index (χ0) is 18.0. The number of hydrogen-bond donors (Lipinski definition) is 3. The van der Waals surface area contributed by atoms with Gasteiger partial charge in [0.15, 0.2) is 9.04 Å². The van der Waals surface area contributed by atoms with E-state index in [1.165, 1.54) is 0 Å². The van der Waals surface area contributed by atoms with Crippen LogP contribution in [-0.4, -0.2) is 57.3 Å². The summed E-state index contributed by atoms with van der Waals surface area (Å²) >= 11 is 0. The Balaban J connectivity index is 6.06. The van der Waals surface area contributed by atoms with Crippen LogP contribution in [0, 0.1) is 0 Å². The van der Waals surface area contributed by atoms with Crippen molar-refractivity contribution in [3.63, 3.8) is 0 Å². The summed E-state index contributed by atoms with van der Waals surface area (Å²) in [4.78, 5) is 0. The Labute approximate surface area is 140 Å². The summed E-state index contributed by atoms with van der Waals surface area (Å²) in [5.41, 5.74) is -2.39. The van der Waals surface area contributed by atoms with Crippen LogP contribution in [-0.2, 0) is 4.12 Å². The first-order valence-corrected chi connectivity index (χ1v) is 17.8. The van der Waals surface area contributed by atoms with Crippen molar-refractivity contribution in [3.8, 4) is 0 Å². The molecule has 0 aromatic heterocycles. The Hall–Kier alpha value is 0.491. The molecule has 3 N–H and O–H groups in total. The molecule has 0 heterocycles. The van der Waals surface area contributed by atoms with Crippen molar-refractivity contribution in [1.29, 1.82) is 0 Å². The van der Waals surface area contributed by atoms with E-state index in [-0.39, 0.29) is 0 Å². The molecule has 0 spiro atoms. The Morgan fingerprint density at radius 1 is 1.05 bits per heavy atom. The van der Waals surface area contributed by atoms with Gasteiger partial charge in [-0.15, -0.1) is 0 Å². The van der Waals surface area contributed by atoms with Gasteiger partial charge in [0.05, 0.1) is 13.8 Å². The van der Waals surface area contributed by atoms with Crippen LogP contribution >= 0.6 is 0 Å². The molecule has 0 aromatic carbocycles. The summed E-state index contributed by atoms with van der Waals surface area (Å²) in [6, 6.07) is 0. The van der Waals surface area contributed by atoms with Gasteiger partial charge in [-0.1, -0.05) is 39.9 Å². The van der Waals surface area contributed by atoms with Gasteiger partial charge in [0.2, 0.25) is 8.32 Å². The zero-order valence-electron chi connectivity index (χ0n) is 16.0. The Morgan fingerprint density at radius 2 is 1.50 bits per heavy atom. The van der Waals surface area contributed by atoms with Crippen molar-refractivity contribution in [1.82, 2.24) is 0 Å². The first kappa shape index (κ1) is 22.5. The van der Waals surface area contributed by atoms with E-state index in [9.17, 15) is 15.3 Å². The van der Waals surface area contributed by atoms with Gasteiger partial charge in [0.25, 0.3) is 0 Å². The fraction of sp³-hybridized carbons (Fsp3) is 1.00. The lowest BCUT2D eigenvalue weighted by Gasteiger charge is -2.55. The lowest BCUT2D eigenvalue weighted by atomic mass is 9.90. The van der Waals surface area contributed by atoms with Gasteiger partial charge in [-0.2, -0.15) is 0 Å². The molecule has 22 heavy (non-hydrogen) atoms. The lowest BCUT2D eigenvalue weighted by Crippen LogP contribution is -2.76. The molecule has 4 nitrogen and oxygen atoms in total. The molecule has 0 radical (unpaired) electrons. The van der Waals surface area contributed by atoms with Crippen molar-refractivity contribution in [3.05, 3.63) is 0 Å². The normalized spacial score (nSPS) is 20.6. The number of hydrogen-bond acceptors (Lipinski definition) is 4. The van der Waals surface area contributed by atoms with Gasteiger partial charge in [-0.05, 0) is 39.0 Å². The highest BCUT2D eigenvalue weighted by atomic mass is 28.4. The third-order valence-electron chi connectivity index (χ3n) is 4.67. The van der Waals surface area contributed by atoms with Crippen molar-refractivity contribution in [2.75, 3.05) is 0 Å². The van der Waals surface area contributed by atoms with E-state index < -0.39 is 42.0 Å². The zero-order valence-corrected chi connectivity index (χ0v) is 19.2. The average molecular weight is 367 g/mol. The quantitative estimate of drug-likeness (QED) is 0.549. The van der Waals surface area contributed by atoms with Crippen LogP contribution in [0.15, 0.2) is 0 Å². The molecule has 0 aliphatic heterocycles.